The van der Waals surface area contributed by atoms with Crippen molar-refractivity contribution in [1.29, 1.82) is 0 Å². The smallest absolute Gasteiger partial charge is 0.0867 e. The van der Waals surface area contributed by atoms with E-state index in [2.05, 4.69) is 24.3 Å². The van der Waals surface area contributed by atoms with Crippen LogP contribution in [0.4, 0.5) is 0 Å². The summed E-state index contributed by atoms with van der Waals surface area (Å²) in [4.78, 5) is 0. The fourth-order valence-corrected chi connectivity index (χ4v) is 2.75. The molecule has 0 unspecified atom stereocenters. The molecule has 0 amide bonds. The van der Waals surface area contributed by atoms with Crippen LogP contribution in [0.15, 0.2) is 24.3 Å². The van der Waals surface area contributed by atoms with E-state index in [1.54, 1.807) is 0 Å². The fourth-order valence-electron chi connectivity index (χ4n) is 2.75. The van der Waals surface area contributed by atoms with E-state index in [1.807, 2.05) is 0 Å². The summed E-state index contributed by atoms with van der Waals surface area (Å²) >= 11 is 0. The topological polar surface area (TPSA) is 40.5 Å². The Bertz CT molecular complexity index is 242. The first-order valence-corrected chi connectivity index (χ1v) is 6.48. The Kier molecular flexibility index (Phi) is 4.19. The van der Waals surface area contributed by atoms with Gasteiger partial charge in [0.25, 0.3) is 0 Å². The van der Waals surface area contributed by atoms with E-state index in [1.165, 1.54) is 0 Å². The summed E-state index contributed by atoms with van der Waals surface area (Å²) in [6.07, 6.45) is 13.7. The minimum atomic E-state index is -0.593. The maximum atomic E-state index is 10.2. The molecule has 0 saturated heterocycles. The maximum Gasteiger partial charge on any atom is 0.0867 e. The maximum absolute atomic E-state index is 10.2. The zero-order chi connectivity index (χ0) is 11.4. The molecule has 2 N–H and O–H groups in total. The van der Waals surface area contributed by atoms with Gasteiger partial charge < -0.3 is 10.2 Å². The first kappa shape index (κ1) is 11.9. The molecule has 0 spiro atoms. The van der Waals surface area contributed by atoms with Gasteiger partial charge in [-0.2, -0.15) is 0 Å². The molecule has 2 heteroatoms. The molecule has 0 aromatic rings. The number of hydrogen-bond donors (Lipinski definition) is 2. The minimum absolute atomic E-state index is 0.152. The largest absolute Gasteiger partial charge is 0.390 e. The highest BCUT2D eigenvalue weighted by atomic mass is 16.3. The predicted octanol–water partition coefficient (Wildman–Crippen LogP) is 2.42. The lowest BCUT2D eigenvalue weighted by Gasteiger charge is -2.31. The van der Waals surface area contributed by atoms with Crippen LogP contribution in [0.3, 0.4) is 0 Å². The van der Waals surface area contributed by atoms with Crippen LogP contribution in [-0.4, -0.2) is 22.4 Å². The summed E-state index contributed by atoms with van der Waals surface area (Å²) in [5.41, 5.74) is 0. The third-order valence-corrected chi connectivity index (χ3v) is 3.81. The van der Waals surface area contributed by atoms with Crippen LogP contribution >= 0.6 is 0 Å². The minimum Gasteiger partial charge on any atom is -0.390 e. The van der Waals surface area contributed by atoms with E-state index in [0.29, 0.717) is 0 Å². The van der Waals surface area contributed by atoms with E-state index in [0.717, 1.165) is 38.5 Å². The molecule has 0 aromatic heterocycles. The van der Waals surface area contributed by atoms with Gasteiger partial charge in [0.1, 0.15) is 0 Å². The molecular formula is C14H22O2. The van der Waals surface area contributed by atoms with Gasteiger partial charge in [-0.05, 0) is 38.5 Å². The zero-order valence-corrected chi connectivity index (χ0v) is 9.76. The van der Waals surface area contributed by atoms with Gasteiger partial charge in [0.15, 0.2) is 0 Å². The Balaban J connectivity index is 1.94. The van der Waals surface area contributed by atoms with Crippen LogP contribution < -0.4 is 0 Å². The number of aliphatic hydroxyl groups is 2. The zero-order valence-electron chi connectivity index (χ0n) is 9.76. The summed E-state index contributed by atoms with van der Waals surface area (Å²) in [5, 5.41) is 20.3. The molecule has 16 heavy (non-hydrogen) atoms. The number of aliphatic hydroxyl groups excluding tert-OH is 2. The molecule has 0 heterocycles. The van der Waals surface area contributed by atoms with Gasteiger partial charge in [-0.25, -0.2) is 0 Å². The first-order valence-electron chi connectivity index (χ1n) is 6.48. The molecule has 90 valence electrons. The van der Waals surface area contributed by atoms with Crippen LogP contribution in [-0.2, 0) is 0 Å². The van der Waals surface area contributed by atoms with E-state index < -0.39 is 12.2 Å². The molecule has 2 aliphatic carbocycles. The standard InChI is InChI=1S/C14H22O2/c15-13(11-7-3-1-4-8-11)14(16)12-9-5-2-6-10-12/h3,5,7,9,11-16H,1-2,4,6,8,10H2/t11-,12-,13-,14-/m0/s1. The van der Waals surface area contributed by atoms with Crippen molar-refractivity contribution in [3.63, 3.8) is 0 Å². The van der Waals surface area contributed by atoms with Crippen molar-refractivity contribution in [2.24, 2.45) is 11.8 Å². The Hall–Kier alpha value is -0.600. The second kappa shape index (κ2) is 5.65. The van der Waals surface area contributed by atoms with Crippen molar-refractivity contribution >= 4 is 0 Å². The molecule has 0 bridgehead atoms. The van der Waals surface area contributed by atoms with Gasteiger partial charge in [-0.15, -0.1) is 0 Å². The molecule has 0 aromatic carbocycles. The van der Waals surface area contributed by atoms with Crippen LogP contribution in [0.1, 0.15) is 38.5 Å². The van der Waals surface area contributed by atoms with Crippen molar-refractivity contribution in [3.05, 3.63) is 24.3 Å². The van der Waals surface area contributed by atoms with Gasteiger partial charge >= 0.3 is 0 Å². The number of allylic oxidation sites excluding steroid dienone is 2. The summed E-state index contributed by atoms with van der Waals surface area (Å²) in [5.74, 6) is 0.304. The van der Waals surface area contributed by atoms with Crippen molar-refractivity contribution in [2.45, 2.75) is 50.7 Å². The Morgan fingerprint density at radius 1 is 0.812 bits per heavy atom. The fraction of sp³-hybridized carbons (Fsp3) is 0.714. The lowest BCUT2D eigenvalue weighted by atomic mass is 9.81. The SMILES string of the molecule is O[C@H]([C@@H](O)[C@H]1C=CCCC1)[C@H]1C=CCCC1. The normalized spacial score (nSPS) is 33.6. The van der Waals surface area contributed by atoms with Crippen molar-refractivity contribution in [1.82, 2.24) is 0 Å². The lowest BCUT2D eigenvalue weighted by molar-refractivity contribution is -0.0326. The number of rotatable bonds is 3. The van der Waals surface area contributed by atoms with E-state index in [4.69, 9.17) is 0 Å². The molecule has 0 radical (unpaired) electrons. The first-order chi connectivity index (χ1) is 7.79. The molecular weight excluding hydrogens is 200 g/mol. The van der Waals surface area contributed by atoms with Gasteiger partial charge in [0.05, 0.1) is 12.2 Å². The van der Waals surface area contributed by atoms with Crippen LogP contribution in [0.25, 0.3) is 0 Å². The highest BCUT2D eigenvalue weighted by molar-refractivity contribution is 5.03. The average Bonchev–Trinajstić information content (AvgIpc) is 2.39. The Labute approximate surface area is 97.7 Å². The Morgan fingerprint density at radius 2 is 1.25 bits per heavy atom. The molecule has 0 fully saturated rings. The molecule has 0 saturated carbocycles. The molecule has 2 rings (SSSR count). The van der Waals surface area contributed by atoms with Crippen molar-refractivity contribution < 1.29 is 10.2 Å². The number of hydrogen-bond acceptors (Lipinski definition) is 2. The van der Waals surface area contributed by atoms with Gasteiger partial charge in [-0.3, -0.25) is 0 Å². The summed E-state index contributed by atoms with van der Waals surface area (Å²) in [6, 6.07) is 0. The monoisotopic (exact) mass is 222 g/mol. The summed E-state index contributed by atoms with van der Waals surface area (Å²) < 4.78 is 0. The second-order valence-corrected chi connectivity index (χ2v) is 5.03. The molecule has 2 aliphatic rings. The van der Waals surface area contributed by atoms with E-state index in [9.17, 15) is 10.2 Å². The van der Waals surface area contributed by atoms with Crippen molar-refractivity contribution in [3.8, 4) is 0 Å². The van der Waals surface area contributed by atoms with Crippen LogP contribution in [0.2, 0.25) is 0 Å². The molecule has 4 atom stereocenters. The summed E-state index contributed by atoms with van der Waals surface area (Å²) in [6.45, 7) is 0. The quantitative estimate of drug-likeness (QED) is 0.720. The van der Waals surface area contributed by atoms with Crippen LogP contribution in [0, 0.1) is 11.8 Å². The molecule has 2 nitrogen and oxygen atoms in total. The van der Waals surface area contributed by atoms with Gasteiger partial charge in [0, 0.05) is 11.8 Å². The lowest BCUT2D eigenvalue weighted by Crippen LogP contribution is -2.38. The second-order valence-electron chi connectivity index (χ2n) is 5.03. The Morgan fingerprint density at radius 3 is 1.56 bits per heavy atom. The summed E-state index contributed by atoms with van der Waals surface area (Å²) in [7, 11) is 0. The molecule has 0 aliphatic heterocycles. The average molecular weight is 222 g/mol. The van der Waals surface area contributed by atoms with E-state index in [-0.39, 0.29) is 11.8 Å². The third-order valence-electron chi connectivity index (χ3n) is 3.81. The van der Waals surface area contributed by atoms with E-state index >= 15 is 0 Å². The predicted molar refractivity (Wildman–Crippen MR) is 65.0 cm³/mol. The van der Waals surface area contributed by atoms with Crippen LogP contribution in [0.5, 0.6) is 0 Å². The van der Waals surface area contributed by atoms with Gasteiger partial charge in [-0.1, -0.05) is 24.3 Å². The third kappa shape index (κ3) is 2.74. The highest BCUT2D eigenvalue weighted by Crippen LogP contribution is 2.28. The highest BCUT2D eigenvalue weighted by Gasteiger charge is 2.30. The van der Waals surface area contributed by atoms with Crippen molar-refractivity contribution in [2.75, 3.05) is 0 Å². The van der Waals surface area contributed by atoms with Gasteiger partial charge in [0.2, 0.25) is 0 Å².